The van der Waals surface area contributed by atoms with E-state index in [0.29, 0.717) is 23.7 Å². The molecule has 1 fully saturated rings. The first-order valence-electron chi connectivity index (χ1n) is 7.71. The van der Waals surface area contributed by atoms with Gasteiger partial charge in [0.05, 0.1) is 5.92 Å². The summed E-state index contributed by atoms with van der Waals surface area (Å²) in [5, 5.41) is 14.7. The summed E-state index contributed by atoms with van der Waals surface area (Å²) in [6, 6.07) is 6.02. The third-order valence-electron chi connectivity index (χ3n) is 4.55. The van der Waals surface area contributed by atoms with Crippen LogP contribution in [0.1, 0.15) is 42.5 Å². The van der Waals surface area contributed by atoms with Crippen molar-refractivity contribution in [2.45, 2.75) is 44.0 Å². The van der Waals surface area contributed by atoms with Crippen molar-refractivity contribution in [1.82, 2.24) is 5.01 Å². The quantitative estimate of drug-likeness (QED) is 0.765. The minimum Gasteiger partial charge on any atom is -0.362 e. The molecule has 1 saturated carbocycles. The highest BCUT2D eigenvalue weighted by Crippen LogP contribution is 2.48. The van der Waals surface area contributed by atoms with Crippen molar-refractivity contribution >= 4 is 27.5 Å². The summed E-state index contributed by atoms with van der Waals surface area (Å²) in [7, 11) is 0. The lowest BCUT2D eigenvalue weighted by atomic mass is 9.87. The van der Waals surface area contributed by atoms with Gasteiger partial charge in [0.1, 0.15) is 0 Å². The minimum absolute atomic E-state index is 0.0351. The molecule has 1 heterocycles. The lowest BCUT2D eigenvalue weighted by Gasteiger charge is -2.37. The van der Waals surface area contributed by atoms with Gasteiger partial charge in [-0.3, -0.25) is 4.79 Å². The van der Waals surface area contributed by atoms with E-state index in [0.717, 1.165) is 6.42 Å². The third-order valence-corrected chi connectivity index (χ3v) is 5.04. The van der Waals surface area contributed by atoms with Crippen LogP contribution in [0.5, 0.6) is 0 Å². The van der Waals surface area contributed by atoms with E-state index in [1.807, 2.05) is 0 Å². The molecule has 0 unspecified atom stereocenters. The monoisotopic (exact) mass is 404 g/mol. The van der Waals surface area contributed by atoms with Gasteiger partial charge in [-0.2, -0.15) is 23.3 Å². The number of hydrogen-bond donors (Lipinski definition) is 1. The van der Waals surface area contributed by atoms with Crippen LogP contribution in [0.15, 0.2) is 33.8 Å². The molecular weight excluding hydrogens is 389 g/mol. The molecule has 0 radical (unpaired) electrons. The first-order chi connectivity index (χ1) is 11.2. The number of benzene rings is 1. The van der Waals surface area contributed by atoms with Gasteiger partial charge in [-0.15, -0.1) is 0 Å². The predicted octanol–water partition coefficient (Wildman–Crippen LogP) is 4.09. The molecule has 1 aliphatic heterocycles. The van der Waals surface area contributed by atoms with Gasteiger partial charge >= 0.3 is 6.18 Å². The molecule has 1 aromatic rings. The average Bonchev–Trinajstić information content (AvgIpc) is 2.68. The number of aliphatic hydroxyl groups is 1. The van der Waals surface area contributed by atoms with Crippen LogP contribution in [-0.4, -0.2) is 33.6 Å². The number of amides is 1. The maximum absolute atomic E-state index is 13.7. The van der Waals surface area contributed by atoms with Crippen LogP contribution >= 0.6 is 15.9 Å². The second-order valence-corrected chi connectivity index (χ2v) is 7.01. The van der Waals surface area contributed by atoms with E-state index in [2.05, 4.69) is 21.0 Å². The molecule has 3 rings (SSSR count). The predicted molar refractivity (Wildman–Crippen MR) is 85.3 cm³/mol. The Morgan fingerprint density at radius 2 is 2.08 bits per heavy atom. The molecule has 8 heteroatoms. The summed E-state index contributed by atoms with van der Waals surface area (Å²) < 4.78 is 41.7. The number of alkyl halides is 3. The van der Waals surface area contributed by atoms with Crippen molar-refractivity contribution in [3.8, 4) is 0 Å². The maximum atomic E-state index is 13.7. The molecule has 0 bridgehead atoms. The second kappa shape index (κ2) is 6.15. The normalized spacial score (nSPS) is 27.5. The van der Waals surface area contributed by atoms with Crippen LogP contribution in [-0.2, 0) is 0 Å². The van der Waals surface area contributed by atoms with E-state index >= 15 is 0 Å². The van der Waals surface area contributed by atoms with Crippen LogP contribution in [0.2, 0.25) is 0 Å². The zero-order valence-electron chi connectivity index (χ0n) is 12.7. The Balaban J connectivity index is 2.05. The highest BCUT2D eigenvalue weighted by molar-refractivity contribution is 9.10. The number of halogens is 4. The van der Waals surface area contributed by atoms with Gasteiger partial charge in [0.2, 0.25) is 0 Å². The fraction of sp³-hybridized carbons (Fsp3) is 0.500. The minimum atomic E-state index is -4.99. The Morgan fingerprint density at radius 3 is 2.75 bits per heavy atom. The molecule has 4 nitrogen and oxygen atoms in total. The van der Waals surface area contributed by atoms with E-state index in [1.54, 1.807) is 12.1 Å². The largest absolute Gasteiger partial charge is 0.439 e. The first kappa shape index (κ1) is 17.4. The summed E-state index contributed by atoms with van der Waals surface area (Å²) in [5.41, 5.74) is -2.99. The topological polar surface area (TPSA) is 52.9 Å². The number of fused-ring (bicyclic) bond motifs is 1. The van der Waals surface area contributed by atoms with Crippen LogP contribution in [0.3, 0.4) is 0 Å². The number of carbonyl (C=O) groups is 1. The zero-order chi connectivity index (χ0) is 17.5. The first-order valence-corrected chi connectivity index (χ1v) is 8.51. The highest BCUT2D eigenvalue weighted by Gasteiger charge is 2.68. The Hall–Kier alpha value is -1.41. The van der Waals surface area contributed by atoms with E-state index in [9.17, 15) is 23.1 Å². The van der Waals surface area contributed by atoms with E-state index in [4.69, 9.17) is 0 Å². The summed E-state index contributed by atoms with van der Waals surface area (Å²) >= 11 is 3.19. The summed E-state index contributed by atoms with van der Waals surface area (Å²) in [4.78, 5) is 12.6. The van der Waals surface area contributed by atoms with Gasteiger partial charge in [0.15, 0.2) is 0 Å². The second-order valence-electron chi connectivity index (χ2n) is 6.09. The van der Waals surface area contributed by atoms with Gasteiger partial charge < -0.3 is 5.11 Å². The van der Waals surface area contributed by atoms with Gasteiger partial charge in [-0.05, 0) is 37.5 Å². The van der Waals surface area contributed by atoms with Crippen molar-refractivity contribution in [3.05, 3.63) is 34.3 Å². The van der Waals surface area contributed by atoms with Crippen LogP contribution in [0.25, 0.3) is 0 Å². The average molecular weight is 405 g/mol. The number of hydrogen-bond acceptors (Lipinski definition) is 3. The molecule has 1 aromatic carbocycles. The Morgan fingerprint density at radius 1 is 1.33 bits per heavy atom. The molecule has 130 valence electrons. The smallest absolute Gasteiger partial charge is 0.362 e. The zero-order valence-corrected chi connectivity index (χ0v) is 14.3. The van der Waals surface area contributed by atoms with Crippen LogP contribution < -0.4 is 0 Å². The van der Waals surface area contributed by atoms with Crippen LogP contribution in [0.4, 0.5) is 13.2 Å². The Kier molecular flexibility index (Phi) is 4.46. The summed E-state index contributed by atoms with van der Waals surface area (Å²) in [6.07, 6.45) is -2.39. The van der Waals surface area contributed by atoms with Crippen molar-refractivity contribution < 1.29 is 23.1 Å². The van der Waals surface area contributed by atoms with Gasteiger partial charge in [-0.1, -0.05) is 34.8 Å². The van der Waals surface area contributed by atoms with E-state index in [-0.39, 0.29) is 22.7 Å². The molecule has 0 saturated heterocycles. The molecule has 0 spiro atoms. The summed E-state index contributed by atoms with van der Waals surface area (Å²) in [5.74, 6) is -2.16. The van der Waals surface area contributed by atoms with E-state index in [1.165, 1.54) is 12.1 Å². The van der Waals surface area contributed by atoms with Gasteiger partial charge in [-0.25, -0.2) is 0 Å². The molecule has 1 amide bonds. The maximum Gasteiger partial charge on any atom is 0.439 e. The van der Waals surface area contributed by atoms with Crippen molar-refractivity contribution in [3.63, 3.8) is 0 Å². The van der Waals surface area contributed by atoms with Crippen molar-refractivity contribution in [2.75, 3.05) is 0 Å². The molecule has 1 N–H and O–H groups in total. The number of rotatable bonds is 1. The molecular formula is C16H16BrF3N2O2. The van der Waals surface area contributed by atoms with Gasteiger partial charge in [0, 0.05) is 15.7 Å². The molecule has 0 aromatic heterocycles. The lowest BCUT2D eigenvalue weighted by molar-refractivity contribution is -0.312. The third kappa shape index (κ3) is 2.75. The fourth-order valence-electron chi connectivity index (χ4n) is 3.34. The number of nitrogens with zero attached hydrogens (tertiary/aromatic N) is 2. The molecule has 24 heavy (non-hydrogen) atoms. The lowest BCUT2D eigenvalue weighted by Crippen LogP contribution is -2.61. The fourth-order valence-corrected chi connectivity index (χ4v) is 3.74. The number of carbonyl (C=O) groups excluding carboxylic acids is 1. The standard InChI is InChI=1S/C16H16BrF3N2O2/c17-11-6-4-5-10(9-11)14(23)22-15(24,16(18,19)20)12-7-2-1-3-8-13(12)21-22/h4-6,9,12,24H,1-3,7-8H2/t12-,15-/m1/s1. The summed E-state index contributed by atoms with van der Waals surface area (Å²) in [6.45, 7) is 0. The van der Waals surface area contributed by atoms with Crippen molar-refractivity contribution in [1.29, 1.82) is 0 Å². The Labute approximate surface area is 145 Å². The van der Waals surface area contributed by atoms with E-state index < -0.39 is 23.7 Å². The SMILES string of the molecule is O=C(c1cccc(Br)c1)N1N=C2CCCCC[C@H]2[C@@]1(O)C(F)(F)F. The molecule has 2 aliphatic rings. The van der Waals surface area contributed by atoms with Crippen molar-refractivity contribution in [2.24, 2.45) is 11.0 Å². The molecule has 1 aliphatic carbocycles. The highest BCUT2D eigenvalue weighted by atomic mass is 79.9. The number of hydrazone groups is 1. The molecule has 2 atom stereocenters. The van der Waals surface area contributed by atoms with Crippen LogP contribution in [0, 0.1) is 5.92 Å². The van der Waals surface area contributed by atoms with Gasteiger partial charge in [0.25, 0.3) is 11.6 Å². The Bertz CT molecular complexity index is 692.